The second kappa shape index (κ2) is 10.9. The minimum atomic E-state index is -0.0125. The third-order valence-electron chi connectivity index (χ3n) is 4.37. The van der Waals surface area contributed by atoms with Crippen molar-refractivity contribution in [2.24, 2.45) is 4.99 Å². The molecule has 6 heteroatoms. The van der Waals surface area contributed by atoms with Crippen molar-refractivity contribution in [1.82, 2.24) is 4.57 Å². The number of thiazole rings is 1. The third kappa shape index (κ3) is 6.00. The summed E-state index contributed by atoms with van der Waals surface area (Å²) in [4.78, 5) is 17.7. The van der Waals surface area contributed by atoms with E-state index in [-0.39, 0.29) is 5.91 Å². The number of rotatable bonds is 9. The highest BCUT2D eigenvalue weighted by atomic mass is 32.2. The largest absolute Gasteiger partial charge is 0.316 e. The Bertz CT molecular complexity index is 976. The van der Waals surface area contributed by atoms with E-state index in [0.29, 0.717) is 6.42 Å². The van der Waals surface area contributed by atoms with Gasteiger partial charge in [-0.15, -0.1) is 0 Å². The maximum absolute atomic E-state index is 12.4. The molecule has 3 aromatic rings. The van der Waals surface area contributed by atoms with Gasteiger partial charge in [0.2, 0.25) is 5.91 Å². The average Bonchev–Trinajstić information content (AvgIpc) is 3.02. The Hall–Kier alpha value is -1.50. The van der Waals surface area contributed by atoms with E-state index in [9.17, 15) is 4.79 Å². The van der Waals surface area contributed by atoms with E-state index < -0.39 is 0 Å². The molecule has 0 aliphatic heterocycles. The molecule has 28 heavy (non-hydrogen) atoms. The number of hydrogen-bond acceptors (Lipinski definition) is 4. The molecule has 0 bridgehead atoms. The van der Waals surface area contributed by atoms with Crippen LogP contribution in [0.5, 0.6) is 0 Å². The molecule has 0 unspecified atom stereocenters. The van der Waals surface area contributed by atoms with Gasteiger partial charge in [-0.2, -0.15) is 28.5 Å². The van der Waals surface area contributed by atoms with Crippen LogP contribution in [0.3, 0.4) is 0 Å². The Balaban J connectivity index is 1.61. The molecule has 0 fully saturated rings. The topological polar surface area (TPSA) is 34.4 Å². The predicted molar refractivity (Wildman–Crippen MR) is 125 cm³/mol. The van der Waals surface area contributed by atoms with Crippen LogP contribution in [0.15, 0.2) is 53.5 Å². The van der Waals surface area contributed by atoms with Crippen molar-refractivity contribution in [2.45, 2.75) is 32.1 Å². The Morgan fingerprint density at radius 1 is 1.14 bits per heavy atom. The van der Waals surface area contributed by atoms with Crippen LogP contribution in [-0.2, 0) is 17.1 Å². The molecule has 0 N–H and O–H groups in total. The molecule has 0 radical (unpaired) electrons. The summed E-state index contributed by atoms with van der Waals surface area (Å²) in [6.07, 6.45) is 3.49. The highest BCUT2D eigenvalue weighted by Gasteiger charge is 2.08. The summed E-state index contributed by atoms with van der Waals surface area (Å²) >= 11 is 5.30. The predicted octanol–water partition coefficient (Wildman–Crippen LogP) is 5.52. The van der Waals surface area contributed by atoms with Crippen LogP contribution in [0.4, 0.5) is 0 Å². The maximum atomic E-state index is 12.4. The van der Waals surface area contributed by atoms with Gasteiger partial charge in [-0.05, 0) is 48.6 Å². The summed E-state index contributed by atoms with van der Waals surface area (Å²) in [6.45, 7) is 2.98. The van der Waals surface area contributed by atoms with Gasteiger partial charge in [0, 0.05) is 24.5 Å². The Morgan fingerprint density at radius 2 is 1.96 bits per heavy atom. The minimum Gasteiger partial charge on any atom is -0.316 e. The van der Waals surface area contributed by atoms with Gasteiger partial charge in [-0.25, -0.2) is 0 Å². The summed E-state index contributed by atoms with van der Waals surface area (Å²) in [6, 6.07) is 16.9. The molecule has 1 amide bonds. The van der Waals surface area contributed by atoms with E-state index in [1.54, 1.807) is 11.3 Å². The van der Waals surface area contributed by atoms with Gasteiger partial charge >= 0.3 is 0 Å². The Labute approximate surface area is 179 Å². The summed E-state index contributed by atoms with van der Waals surface area (Å²) in [5.41, 5.74) is 3.74. The number of aromatic nitrogens is 1. The molecule has 3 rings (SSSR count). The standard InChI is InChI=1S/C22H26N2OS3/c1-17-10-11-19-20(15-17)28-22(24(19)12-14-26-2)23-21(25)9-6-13-27-16-18-7-4-3-5-8-18/h3-5,7-8,10-11,15H,6,9,12-14,16H2,1-2H3. The van der Waals surface area contributed by atoms with Gasteiger partial charge in [0.1, 0.15) is 0 Å². The van der Waals surface area contributed by atoms with Gasteiger partial charge in [-0.3, -0.25) is 4.79 Å². The number of carbonyl (C=O) groups is 1. The summed E-state index contributed by atoms with van der Waals surface area (Å²) in [5, 5.41) is 0. The summed E-state index contributed by atoms with van der Waals surface area (Å²) in [7, 11) is 0. The van der Waals surface area contributed by atoms with E-state index in [2.05, 4.69) is 65.2 Å². The fourth-order valence-electron chi connectivity index (χ4n) is 2.92. The van der Waals surface area contributed by atoms with Crippen LogP contribution in [-0.4, -0.2) is 28.2 Å². The van der Waals surface area contributed by atoms with E-state index in [0.717, 1.165) is 35.0 Å². The van der Waals surface area contributed by atoms with Crippen molar-refractivity contribution in [3.05, 3.63) is 64.5 Å². The lowest BCUT2D eigenvalue weighted by Crippen LogP contribution is -2.18. The van der Waals surface area contributed by atoms with Crippen molar-refractivity contribution in [3.63, 3.8) is 0 Å². The number of nitrogens with zero attached hydrogens (tertiary/aromatic N) is 2. The molecule has 2 aromatic carbocycles. The number of carbonyl (C=O) groups excluding carboxylic acids is 1. The van der Waals surface area contributed by atoms with Crippen LogP contribution >= 0.6 is 34.9 Å². The van der Waals surface area contributed by atoms with Crippen molar-refractivity contribution in [3.8, 4) is 0 Å². The molecule has 0 spiro atoms. The van der Waals surface area contributed by atoms with Crippen molar-refractivity contribution in [1.29, 1.82) is 0 Å². The van der Waals surface area contributed by atoms with Crippen molar-refractivity contribution < 1.29 is 4.79 Å². The summed E-state index contributed by atoms with van der Waals surface area (Å²) < 4.78 is 3.39. The fourth-order valence-corrected chi connectivity index (χ4v) is 5.37. The molecule has 3 nitrogen and oxygen atoms in total. The number of aryl methyl sites for hydroxylation is 2. The Kier molecular flexibility index (Phi) is 8.25. The van der Waals surface area contributed by atoms with Crippen LogP contribution in [0, 0.1) is 6.92 Å². The van der Waals surface area contributed by atoms with E-state index in [1.807, 2.05) is 29.6 Å². The first-order valence-electron chi connectivity index (χ1n) is 9.45. The van der Waals surface area contributed by atoms with Crippen LogP contribution in [0.1, 0.15) is 24.0 Å². The Morgan fingerprint density at radius 3 is 2.75 bits per heavy atom. The zero-order valence-corrected chi connectivity index (χ0v) is 18.8. The highest BCUT2D eigenvalue weighted by molar-refractivity contribution is 7.98. The van der Waals surface area contributed by atoms with Gasteiger partial charge in [0.15, 0.2) is 4.80 Å². The van der Waals surface area contributed by atoms with E-state index in [4.69, 9.17) is 0 Å². The average molecular weight is 431 g/mol. The van der Waals surface area contributed by atoms with Crippen molar-refractivity contribution in [2.75, 3.05) is 17.8 Å². The molecule has 1 aromatic heterocycles. The molecule has 1 heterocycles. The summed E-state index contributed by atoms with van der Waals surface area (Å²) in [5.74, 6) is 2.98. The highest BCUT2D eigenvalue weighted by Crippen LogP contribution is 2.19. The second-order valence-corrected chi connectivity index (χ2v) is 9.75. The van der Waals surface area contributed by atoms with Gasteiger partial charge in [0.05, 0.1) is 10.2 Å². The van der Waals surface area contributed by atoms with Crippen LogP contribution in [0.25, 0.3) is 10.2 Å². The number of benzene rings is 2. The maximum Gasteiger partial charge on any atom is 0.248 e. The molecular weight excluding hydrogens is 404 g/mol. The molecule has 0 atom stereocenters. The van der Waals surface area contributed by atoms with Gasteiger partial charge < -0.3 is 4.57 Å². The molecule has 0 saturated heterocycles. The van der Waals surface area contributed by atoms with Crippen molar-refractivity contribution >= 4 is 51.0 Å². The first-order chi connectivity index (χ1) is 13.7. The van der Waals surface area contributed by atoms with Gasteiger partial charge in [-0.1, -0.05) is 47.7 Å². The number of thioether (sulfide) groups is 2. The van der Waals surface area contributed by atoms with Gasteiger partial charge in [0.25, 0.3) is 0 Å². The minimum absolute atomic E-state index is 0.0125. The monoisotopic (exact) mass is 430 g/mol. The second-order valence-electron chi connectivity index (χ2n) is 6.65. The lowest BCUT2D eigenvalue weighted by molar-refractivity contribution is -0.118. The van der Waals surface area contributed by atoms with Crippen LogP contribution in [0.2, 0.25) is 0 Å². The number of fused-ring (bicyclic) bond motifs is 1. The first kappa shape index (κ1) is 21.2. The molecule has 148 valence electrons. The molecule has 0 aliphatic rings. The zero-order valence-electron chi connectivity index (χ0n) is 16.4. The SMILES string of the molecule is CSCCn1c(=NC(=O)CCCSCc2ccccc2)sc2cc(C)ccc21. The molecule has 0 aliphatic carbocycles. The van der Waals surface area contributed by atoms with Crippen LogP contribution < -0.4 is 4.80 Å². The van der Waals surface area contributed by atoms with E-state index >= 15 is 0 Å². The smallest absolute Gasteiger partial charge is 0.248 e. The zero-order chi connectivity index (χ0) is 19.8. The number of amides is 1. The quantitative estimate of drug-likeness (QED) is 0.420. The number of hydrogen-bond donors (Lipinski definition) is 0. The van der Waals surface area contributed by atoms with E-state index in [1.165, 1.54) is 21.3 Å². The third-order valence-corrected chi connectivity index (χ3v) is 7.12. The molecular formula is C22H26N2OS3. The molecule has 0 saturated carbocycles. The first-order valence-corrected chi connectivity index (χ1v) is 12.8. The lowest BCUT2D eigenvalue weighted by atomic mass is 10.2. The normalized spacial score (nSPS) is 12.0. The lowest BCUT2D eigenvalue weighted by Gasteiger charge is -2.04. The fraction of sp³-hybridized carbons (Fsp3) is 0.364.